The van der Waals surface area contributed by atoms with Crippen LogP contribution >= 0.6 is 23.2 Å². The Balaban J connectivity index is 2.05. The van der Waals surface area contributed by atoms with Crippen LogP contribution < -0.4 is 0 Å². The summed E-state index contributed by atoms with van der Waals surface area (Å²) in [5.74, 6) is 0. The maximum atomic E-state index is 11.5. The van der Waals surface area contributed by atoms with Gasteiger partial charge in [0.1, 0.15) is 0 Å². The molecule has 3 aromatic rings. The minimum absolute atomic E-state index is 0.403. The van der Waals surface area contributed by atoms with Crippen molar-refractivity contribution in [1.29, 1.82) is 0 Å². The lowest BCUT2D eigenvalue weighted by Gasteiger charge is -2.12. The molecule has 1 aromatic heterocycles. The third-order valence-corrected chi connectivity index (χ3v) is 5.04. The van der Waals surface area contributed by atoms with Gasteiger partial charge in [-0.3, -0.25) is 9.79 Å². The van der Waals surface area contributed by atoms with Crippen molar-refractivity contribution in [3.63, 3.8) is 0 Å². The van der Waals surface area contributed by atoms with Crippen molar-refractivity contribution in [2.45, 2.75) is 13.5 Å². The van der Waals surface area contributed by atoms with Crippen LogP contribution in [-0.4, -0.2) is 17.0 Å². The molecule has 0 saturated heterocycles. The number of aliphatic imine (C=N–C) groups is 1. The van der Waals surface area contributed by atoms with E-state index in [-0.39, 0.29) is 0 Å². The van der Waals surface area contributed by atoms with Gasteiger partial charge in [0.25, 0.3) is 0 Å². The summed E-state index contributed by atoms with van der Waals surface area (Å²) >= 11 is 12.7. The molecule has 5 heteroatoms. The molecule has 0 bridgehead atoms. The maximum absolute atomic E-state index is 11.5. The van der Waals surface area contributed by atoms with E-state index in [0.717, 1.165) is 45.5 Å². The van der Waals surface area contributed by atoms with E-state index in [1.165, 1.54) is 0 Å². The minimum atomic E-state index is 0.403. The monoisotopic (exact) mass is 368 g/mol. The van der Waals surface area contributed by atoms with E-state index in [1.807, 2.05) is 49.4 Å². The third-order valence-electron chi connectivity index (χ3n) is 4.47. The Kier molecular flexibility index (Phi) is 3.98. The van der Waals surface area contributed by atoms with Crippen LogP contribution in [0.2, 0.25) is 10.0 Å². The first kappa shape index (κ1) is 16.1. The van der Waals surface area contributed by atoms with Gasteiger partial charge in [0.2, 0.25) is 0 Å². The van der Waals surface area contributed by atoms with Crippen molar-refractivity contribution in [2.24, 2.45) is 4.99 Å². The number of aldehydes is 1. The average molecular weight is 369 g/mol. The number of aromatic amines is 1. The molecule has 2 heterocycles. The first-order valence-electron chi connectivity index (χ1n) is 7.86. The van der Waals surface area contributed by atoms with Crippen molar-refractivity contribution in [3.05, 3.63) is 80.6 Å². The van der Waals surface area contributed by atoms with Crippen LogP contribution in [0, 0.1) is 6.92 Å². The van der Waals surface area contributed by atoms with Gasteiger partial charge < -0.3 is 4.98 Å². The highest BCUT2D eigenvalue weighted by Gasteiger charge is 2.25. The molecule has 1 aliphatic rings. The maximum Gasteiger partial charge on any atom is 0.166 e. The second kappa shape index (κ2) is 6.17. The summed E-state index contributed by atoms with van der Waals surface area (Å²) in [5.41, 5.74) is 6.98. The summed E-state index contributed by atoms with van der Waals surface area (Å²) < 4.78 is 0. The second-order valence-electron chi connectivity index (χ2n) is 5.97. The largest absolute Gasteiger partial charge is 0.356 e. The highest BCUT2D eigenvalue weighted by Crippen LogP contribution is 2.38. The van der Waals surface area contributed by atoms with Crippen molar-refractivity contribution in [2.75, 3.05) is 0 Å². The molecule has 2 aromatic carbocycles. The molecule has 0 fully saturated rings. The predicted molar refractivity (Wildman–Crippen MR) is 102 cm³/mol. The van der Waals surface area contributed by atoms with Crippen LogP contribution in [0.1, 0.15) is 32.9 Å². The molecule has 0 atom stereocenters. The van der Waals surface area contributed by atoms with E-state index in [2.05, 4.69) is 4.98 Å². The highest BCUT2D eigenvalue weighted by molar-refractivity contribution is 6.36. The van der Waals surface area contributed by atoms with Crippen molar-refractivity contribution < 1.29 is 4.79 Å². The summed E-state index contributed by atoms with van der Waals surface area (Å²) in [6, 6.07) is 13.3. The lowest BCUT2D eigenvalue weighted by molar-refractivity contribution is 0.111. The summed E-state index contributed by atoms with van der Waals surface area (Å²) in [6.45, 7) is 2.37. The van der Waals surface area contributed by atoms with Gasteiger partial charge in [-0.05, 0) is 30.7 Å². The van der Waals surface area contributed by atoms with Crippen LogP contribution in [0.25, 0.3) is 11.1 Å². The lowest BCUT2D eigenvalue weighted by Crippen LogP contribution is -2.05. The summed E-state index contributed by atoms with van der Waals surface area (Å²) in [7, 11) is 0. The third kappa shape index (κ3) is 2.60. The zero-order valence-corrected chi connectivity index (χ0v) is 14.9. The van der Waals surface area contributed by atoms with Crippen LogP contribution in [0.3, 0.4) is 0 Å². The first-order chi connectivity index (χ1) is 12.1. The van der Waals surface area contributed by atoms with E-state index in [4.69, 9.17) is 28.2 Å². The van der Waals surface area contributed by atoms with Gasteiger partial charge in [0, 0.05) is 38.0 Å². The predicted octanol–water partition coefficient (Wildman–Crippen LogP) is 5.46. The fourth-order valence-corrected chi connectivity index (χ4v) is 3.78. The quantitative estimate of drug-likeness (QED) is 0.599. The number of aromatic nitrogens is 1. The molecule has 0 aliphatic carbocycles. The Bertz CT molecular complexity index is 1030. The molecular formula is C20H14Cl2N2O. The SMILES string of the molecule is Cc1[nH]c(C=O)c2c1-c1ccc(Cl)cc1C(c1ccccc1Cl)=NC2. The number of H-pyrrole nitrogens is 1. The summed E-state index contributed by atoms with van der Waals surface area (Å²) in [6.07, 6.45) is 0.845. The second-order valence-corrected chi connectivity index (χ2v) is 6.81. The highest BCUT2D eigenvalue weighted by atomic mass is 35.5. The number of hydrogen-bond donors (Lipinski definition) is 1. The Morgan fingerprint density at radius 2 is 1.88 bits per heavy atom. The molecule has 0 spiro atoms. The minimum Gasteiger partial charge on any atom is -0.356 e. The van der Waals surface area contributed by atoms with Gasteiger partial charge in [-0.15, -0.1) is 0 Å². The molecule has 0 radical (unpaired) electrons. The number of nitrogens with one attached hydrogen (secondary N) is 1. The van der Waals surface area contributed by atoms with Crippen LogP contribution in [-0.2, 0) is 6.54 Å². The number of halogens is 2. The fourth-order valence-electron chi connectivity index (χ4n) is 3.39. The van der Waals surface area contributed by atoms with E-state index in [0.29, 0.717) is 22.3 Å². The molecule has 0 saturated carbocycles. The standard InChI is InChI=1S/C20H14Cl2N2O/c1-11-19-13-7-6-12(21)8-15(13)20(14-4-2-3-5-17(14)22)23-9-16(19)18(10-25)24-11/h2-8,10,24H,9H2,1H3. The fraction of sp³-hybridized carbons (Fsp3) is 0.100. The van der Waals surface area contributed by atoms with Gasteiger partial charge in [-0.1, -0.05) is 47.5 Å². The van der Waals surface area contributed by atoms with E-state index < -0.39 is 0 Å². The molecule has 25 heavy (non-hydrogen) atoms. The summed E-state index contributed by atoms with van der Waals surface area (Å²) in [5, 5.41) is 1.26. The molecule has 1 N–H and O–H groups in total. The number of fused-ring (bicyclic) bond motifs is 3. The number of carbonyl (C=O) groups is 1. The van der Waals surface area contributed by atoms with Crippen molar-refractivity contribution in [1.82, 2.24) is 4.98 Å². The van der Waals surface area contributed by atoms with Crippen molar-refractivity contribution >= 4 is 35.2 Å². The molecule has 0 amide bonds. The average Bonchev–Trinajstić information content (AvgIpc) is 2.82. The molecule has 124 valence electrons. The number of benzene rings is 2. The number of carbonyl (C=O) groups excluding carboxylic acids is 1. The van der Waals surface area contributed by atoms with E-state index in [1.54, 1.807) is 0 Å². The Morgan fingerprint density at radius 1 is 1.08 bits per heavy atom. The van der Waals surface area contributed by atoms with E-state index >= 15 is 0 Å². The normalized spacial score (nSPS) is 12.8. The van der Waals surface area contributed by atoms with Gasteiger partial charge in [-0.2, -0.15) is 0 Å². The lowest BCUT2D eigenvalue weighted by atomic mass is 9.92. The Morgan fingerprint density at radius 3 is 2.64 bits per heavy atom. The topological polar surface area (TPSA) is 45.2 Å². The van der Waals surface area contributed by atoms with Gasteiger partial charge in [0.05, 0.1) is 18.0 Å². The number of rotatable bonds is 2. The molecular weight excluding hydrogens is 355 g/mol. The summed E-state index contributed by atoms with van der Waals surface area (Å²) in [4.78, 5) is 19.4. The van der Waals surface area contributed by atoms with Crippen LogP contribution in [0.15, 0.2) is 47.5 Å². The zero-order chi connectivity index (χ0) is 17.6. The Labute approximate surface area is 155 Å². The van der Waals surface area contributed by atoms with Gasteiger partial charge >= 0.3 is 0 Å². The van der Waals surface area contributed by atoms with Crippen molar-refractivity contribution in [3.8, 4) is 11.1 Å². The van der Waals surface area contributed by atoms with Crippen LogP contribution in [0.4, 0.5) is 0 Å². The molecule has 4 rings (SSSR count). The molecule has 3 nitrogen and oxygen atoms in total. The zero-order valence-electron chi connectivity index (χ0n) is 13.4. The van der Waals surface area contributed by atoms with Crippen LogP contribution in [0.5, 0.6) is 0 Å². The van der Waals surface area contributed by atoms with Gasteiger partial charge in [0.15, 0.2) is 6.29 Å². The number of hydrogen-bond acceptors (Lipinski definition) is 2. The number of nitrogens with zero attached hydrogens (tertiary/aromatic N) is 1. The Hall–Kier alpha value is -2.36. The molecule has 1 aliphatic heterocycles. The van der Waals surface area contributed by atoms with E-state index in [9.17, 15) is 4.79 Å². The number of aryl methyl sites for hydroxylation is 1. The first-order valence-corrected chi connectivity index (χ1v) is 8.62. The smallest absolute Gasteiger partial charge is 0.166 e. The van der Waals surface area contributed by atoms with Gasteiger partial charge in [-0.25, -0.2) is 0 Å². The molecule has 0 unspecified atom stereocenters.